The lowest BCUT2D eigenvalue weighted by Crippen LogP contribution is -2.38. The van der Waals surface area contributed by atoms with Crippen molar-refractivity contribution < 1.29 is 5.11 Å². The van der Waals surface area contributed by atoms with Crippen LogP contribution in [-0.2, 0) is 6.54 Å². The molecule has 0 saturated heterocycles. The van der Waals surface area contributed by atoms with Crippen molar-refractivity contribution in [1.29, 1.82) is 0 Å². The van der Waals surface area contributed by atoms with E-state index in [1.165, 1.54) is 11.3 Å². The first-order chi connectivity index (χ1) is 8.59. The number of aliphatic hydroxyl groups is 1. The number of rotatable bonds is 3. The fraction of sp³-hybridized carbons (Fsp3) is 0.462. The zero-order chi connectivity index (χ0) is 12.8. The third-order valence-electron chi connectivity index (χ3n) is 3.74. The molecule has 0 radical (unpaired) electrons. The Labute approximate surface area is 114 Å². The molecule has 1 N–H and O–H groups in total. The van der Waals surface area contributed by atoms with E-state index in [9.17, 15) is 9.90 Å². The average molecular weight is 284 g/mol. The molecule has 0 unspecified atom stereocenters. The first-order valence-corrected chi connectivity index (χ1v) is 7.33. The maximum atomic E-state index is 12.2. The fourth-order valence-electron chi connectivity index (χ4n) is 2.40. The minimum atomic E-state index is -0.560. The van der Waals surface area contributed by atoms with E-state index in [0.29, 0.717) is 23.4 Å². The van der Waals surface area contributed by atoms with E-state index in [2.05, 4.69) is 0 Å². The van der Waals surface area contributed by atoms with E-state index in [1.807, 2.05) is 11.4 Å². The third-order valence-corrected chi connectivity index (χ3v) is 5.09. The van der Waals surface area contributed by atoms with Crippen LogP contribution in [0.1, 0.15) is 25.7 Å². The molecule has 2 aromatic heterocycles. The van der Waals surface area contributed by atoms with Crippen LogP contribution in [0.25, 0.3) is 10.1 Å². The number of aryl methyl sites for hydroxylation is 1. The summed E-state index contributed by atoms with van der Waals surface area (Å²) in [5.74, 6) is 0. The van der Waals surface area contributed by atoms with Crippen LogP contribution in [0.2, 0.25) is 5.02 Å². The van der Waals surface area contributed by atoms with E-state index in [1.54, 1.807) is 10.8 Å². The maximum absolute atomic E-state index is 12.2. The Balaban J connectivity index is 1.92. The molecule has 3 rings (SSSR count). The lowest BCUT2D eigenvalue weighted by atomic mass is 9.78. The molecular formula is C13H14ClNO2S. The van der Waals surface area contributed by atoms with Gasteiger partial charge in [0, 0.05) is 12.7 Å². The largest absolute Gasteiger partial charge is 0.390 e. The summed E-state index contributed by atoms with van der Waals surface area (Å²) >= 11 is 7.64. The smallest absolute Gasteiger partial charge is 0.259 e. The van der Waals surface area contributed by atoms with Crippen LogP contribution >= 0.6 is 22.9 Å². The molecule has 1 fully saturated rings. The van der Waals surface area contributed by atoms with Gasteiger partial charge in [0.1, 0.15) is 0 Å². The molecule has 1 saturated carbocycles. The summed E-state index contributed by atoms with van der Waals surface area (Å²) in [5.41, 5.74) is -0.575. The summed E-state index contributed by atoms with van der Waals surface area (Å²) in [6.07, 6.45) is 5.08. The molecular weight excluding hydrogens is 270 g/mol. The standard InChI is InChI=1S/C13H14ClNO2S/c14-10-8-15(6-5-13(17)3-1-4-13)12(16)9-2-7-18-11(9)10/h2,7-8,17H,1,3-6H2. The van der Waals surface area contributed by atoms with Crippen molar-refractivity contribution in [3.8, 4) is 0 Å². The predicted octanol–water partition coefficient (Wildman–Crippen LogP) is 3.02. The molecule has 0 amide bonds. The summed E-state index contributed by atoms with van der Waals surface area (Å²) in [5, 5.41) is 13.2. The zero-order valence-electron chi connectivity index (χ0n) is 9.86. The minimum absolute atomic E-state index is 0.0152. The number of nitrogens with zero attached hydrogens (tertiary/aromatic N) is 1. The molecule has 2 heterocycles. The van der Waals surface area contributed by atoms with Gasteiger partial charge in [-0.05, 0) is 37.1 Å². The Hall–Kier alpha value is -0.840. The molecule has 18 heavy (non-hydrogen) atoms. The SMILES string of the molecule is O=c1c2ccsc2c(Cl)cn1CCC1(O)CCC1. The van der Waals surface area contributed by atoms with Crippen molar-refractivity contribution in [1.82, 2.24) is 4.57 Å². The van der Waals surface area contributed by atoms with E-state index in [4.69, 9.17) is 11.6 Å². The predicted molar refractivity (Wildman–Crippen MR) is 74.5 cm³/mol. The number of hydrogen-bond acceptors (Lipinski definition) is 3. The minimum Gasteiger partial charge on any atom is -0.390 e. The van der Waals surface area contributed by atoms with Crippen LogP contribution in [0.5, 0.6) is 0 Å². The monoisotopic (exact) mass is 283 g/mol. The summed E-state index contributed by atoms with van der Waals surface area (Å²) in [6, 6.07) is 1.81. The van der Waals surface area contributed by atoms with E-state index >= 15 is 0 Å². The second-order valence-corrected chi connectivity index (χ2v) is 6.29. The van der Waals surface area contributed by atoms with E-state index in [-0.39, 0.29) is 5.56 Å². The molecule has 3 nitrogen and oxygen atoms in total. The number of halogens is 1. The lowest BCUT2D eigenvalue weighted by molar-refractivity contribution is -0.0433. The molecule has 5 heteroatoms. The first-order valence-electron chi connectivity index (χ1n) is 6.08. The van der Waals surface area contributed by atoms with Crippen molar-refractivity contribution in [3.63, 3.8) is 0 Å². The van der Waals surface area contributed by atoms with Gasteiger partial charge in [-0.25, -0.2) is 0 Å². The van der Waals surface area contributed by atoms with Crippen molar-refractivity contribution in [2.75, 3.05) is 0 Å². The Morgan fingerprint density at radius 2 is 2.28 bits per heavy atom. The molecule has 0 spiro atoms. The van der Waals surface area contributed by atoms with Crippen molar-refractivity contribution >= 4 is 33.0 Å². The van der Waals surface area contributed by atoms with Gasteiger partial charge in [-0.3, -0.25) is 4.79 Å². The molecule has 0 aromatic carbocycles. The second kappa shape index (κ2) is 4.37. The van der Waals surface area contributed by atoms with Crippen molar-refractivity contribution in [2.45, 2.75) is 37.8 Å². The Morgan fingerprint density at radius 3 is 2.94 bits per heavy atom. The van der Waals surface area contributed by atoms with Crippen molar-refractivity contribution in [2.24, 2.45) is 0 Å². The first kappa shape index (κ1) is 12.2. The molecule has 1 aliphatic carbocycles. The van der Waals surface area contributed by atoms with Crippen LogP contribution in [0.4, 0.5) is 0 Å². The summed E-state index contributed by atoms with van der Waals surface area (Å²) in [4.78, 5) is 12.2. The topological polar surface area (TPSA) is 42.2 Å². The van der Waals surface area contributed by atoms with Gasteiger partial charge < -0.3 is 9.67 Å². The highest BCUT2D eigenvalue weighted by molar-refractivity contribution is 7.17. The van der Waals surface area contributed by atoms with Gasteiger partial charge in [0.05, 0.1) is 20.7 Å². The van der Waals surface area contributed by atoms with Crippen molar-refractivity contribution in [3.05, 3.63) is 33.0 Å². The normalized spacial score (nSPS) is 17.9. The van der Waals surface area contributed by atoms with Gasteiger partial charge in [0.15, 0.2) is 0 Å². The Bertz CT molecular complexity index is 642. The van der Waals surface area contributed by atoms with Crippen LogP contribution in [0.3, 0.4) is 0 Å². The third kappa shape index (κ3) is 1.98. The number of thiophene rings is 1. The zero-order valence-corrected chi connectivity index (χ0v) is 11.4. The van der Waals surface area contributed by atoms with Gasteiger partial charge >= 0.3 is 0 Å². The average Bonchev–Trinajstić information content (AvgIpc) is 2.79. The van der Waals surface area contributed by atoms with Gasteiger partial charge in [0.25, 0.3) is 5.56 Å². The van der Waals surface area contributed by atoms with Crippen LogP contribution < -0.4 is 5.56 Å². The fourth-order valence-corrected chi connectivity index (χ4v) is 3.54. The summed E-state index contributed by atoms with van der Waals surface area (Å²) < 4.78 is 2.47. The highest BCUT2D eigenvalue weighted by Crippen LogP contribution is 2.35. The lowest BCUT2D eigenvalue weighted by Gasteiger charge is -2.36. The van der Waals surface area contributed by atoms with Crippen LogP contribution in [-0.4, -0.2) is 15.3 Å². The summed E-state index contributed by atoms with van der Waals surface area (Å²) in [6.45, 7) is 0.529. The number of aromatic nitrogens is 1. The second-order valence-electron chi connectivity index (χ2n) is 4.97. The highest BCUT2D eigenvalue weighted by Gasteiger charge is 2.33. The van der Waals surface area contributed by atoms with Gasteiger partial charge in [-0.2, -0.15) is 0 Å². The maximum Gasteiger partial charge on any atom is 0.259 e. The molecule has 96 valence electrons. The molecule has 2 aromatic rings. The summed E-state index contributed by atoms with van der Waals surface area (Å²) in [7, 11) is 0. The Kier molecular flexibility index (Phi) is 2.96. The van der Waals surface area contributed by atoms with Gasteiger partial charge in [0.2, 0.25) is 0 Å². The van der Waals surface area contributed by atoms with Crippen LogP contribution in [0.15, 0.2) is 22.4 Å². The van der Waals surface area contributed by atoms with E-state index in [0.717, 1.165) is 24.0 Å². The number of hydrogen-bond donors (Lipinski definition) is 1. The van der Waals surface area contributed by atoms with Crippen LogP contribution in [0, 0.1) is 0 Å². The molecule has 0 aliphatic heterocycles. The van der Waals surface area contributed by atoms with E-state index < -0.39 is 5.60 Å². The molecule has 0 bridgehead atoms. The number of fused-ring (bicyclic) bond motifs is 1. The number of pyridine rings is 1. The molecule has 1 aliphatic rings. The van der Waals surface area contributed by atoms with Gasteiger partial charge in [-0.1, -0.05) is 11.6 Å². The van der Waals surface area contributed by atoms with Gasteiger partial charge in [-0.15, -0.1) is 11.3 Å². The Morgan fingerprint density at radius 1 is 1.50 bits per heavy atom. The quantitative estimate of drug-likeness (QED) is 0.941. The highest BCUT2D eigenvalue weighted by atomic mass is 35.5. The molecule has 0 atom stereocenters.